The molecule has 4 nitrogen and oxygen atoms in total. The van der Waals surface area contributed by atoms with Crippen molar-refractivity contribution in [2.24, 2.45) is 0 Å². The van der Waals surface area contributed by atoms with Crippen LogP contribution in [0.3, 0.4) is 0 Å². The van der Waals surface area contributed by atoms with Crippen LogP contribution in [-0.2, 0) is 17.7 Å². The molecule has 3 rings (SSSR count). The number of nitriles is 1. The summed E-state index contributed by atoms with van der Waals surface area (Å²) in [6.07, 6.45) is 3.17. The smallest absolute Gasteiger partial charge is 0.111 e. The topological polar surface area (TPSA) is 50.8 Å². The van der Waals surface area contributed by atoms with Crippen molar-refractivity contribution >= 4 is 22.6 Å². The van der Waals surface area contributed by atoms with E-state index in [1.165, 1.54) is 0 Å². The van der Waals surface area contributed by atoms with Crippen LogP contribution in [0.25, 0.3) is 11.0 Å². The van der Waals surface area contributed by atoms with Gasteiger partial charge in [0.25, 0.3) is 0 Å². The van der Waals surface area contributed by atoms with Crippen molar-refractivity contribution in [2.45, 2.75) is 31.9 Å². The van der Waals surface area contributed by atoms with Crippen LogP contribution in [-0.4, -0.2) is 28.1 Å². The molecule has 0 amide bonds. The quantitative estimate of drug-likeness (QED) is 0.813. The number of benzene rings is 1. The van der Waals surface area contributed by atoms with Crippen molar-refractivity contribution in [2.75, 3.05) is 12.5 Å². The average Bonchev–Trinajstić information content (AvgIpc) is 3.08. The molecular formula is C15H16ClN3O. The second kappa shape index (κ2) is 5.82. The van der Waals surface area contributed by atoms with Gasteiger partial charge < -0.3 is 9.30 Å². The SMILES string of the molecule is N#Cc1ccc2nc(CCCl)n(CC3CCCO3)c2c1. The van der Waals surface area contributed by atoms with Crippen molar-refractivity contribution in [3.63, 3.8) is 0 Å². The number of hydrogen-bond donors (Lipinski definition) is 0. The van der Waals surface area contributed by atoms with Crippen LogP contribution in [0.2, 0.25) is 0 Å². The fourth-order valence-corrected chi connectivity index (χ4v) is 2.88. The van der Waals surface area contributed by atoms with Gasteiger partial charge >= 0.3 is 0 Å². The van der Waals surface area contributed by atoms with Gasteiger partial charge in [-0.05, 0) is 31.0 Å². The van der Waals surface area contributed by atoms with Gasteiger partial charge in [-0.3, -0.25) is 0 Å². The molecule has 0 N–H and O–H groups in total. The molecule has 0 saturated carbocycles. The third kappa shape index (κ3) is 2.52. The molecule has 2 heterocycles. The molecule has 0 aliphatic carbocycles. The summed E-state index contributed by atoms with van der Waals surface area (Å²) in [6.45, 7) is 1.63. The first-order valence-electron chi connectivity index (χ1n) is 6.88. The number of fused-ring (bicyclic) bond motifs is 1. The van der Waals surface area contributed by atoms with Gasteiger partial charge in [-0.1, -0.05) is 0 Å². The van der Waals surface area contributed by atoms with E-state index in [-0.39, 0.29) is 6.10 Å². The van der Waals surface area contributed by atoms with Crippen LogP contribution >= 0.6 is 11.6 Å². The monoisotopic (exact) mass is 289 g/mol. The molecule has 1 aliphatic rings. The minimum Gasteiger partial charge on any atom is -0.376 e. The van der Waals surface area contributed by atoms with E-state index in [0.29, 0.717) is 11.4 Å². The zero-order chi connectivity index (χ0) is 13.9. The van der Waals surface area contributed by atoms with E-state index >= 15 is 0 Å². The molecule has 1 aromatic heterocycles. The first-order valence-corrected chi connectivity index (χ1v) is 7.42. The van der Waals surface area contributed by atoms with Crippen LogP contribution in [0.5, 0.6) is 0 Å². The first kappa shape index (κ1) is 13.4. The van der Waals surface area contributed by atoms with Crippen LogP contribution in [0.15, 0.2) is 18.2 Å². The Bertz CT molecular complexity index is 653. The van der Waals surface area contributed by atoms with Crippen molar-refractivity contribution < 1.29 is 4.74 Å². The van der Waals surface area contributed by atoms with Crippen LogP contribution in [0.1, 0.15) is 24.2 Å². The van der Waals surface area contributed by atoms with E-state index in [1.54, 1.807) is 6.07 Å². The summed E-state index contributed by atoms with van der Waals surface area (Å²) < 4.78 is 7.88. The number of alkyl halides is 1. The number of halogens is 1. The number of hydrogen-bond acceptors (Lipinski definition) is 3. The Hall–Kier alpha value is -1.57. The average molecular weight is 290 g/mol. The van der Waals surface area contributed by atoms with Crippen molar-refractivity contribution in [3.8, 4) is 6.07 Å². The lowest BCUT2D eigenvalue weighted by molar-refractivity contribution is 0.0972. The van der Waals surface area contributed by atoms with E-state index in [0.717, 1.165) is 49.3 Å². The third-order valence-corrected chi connectivity index (χ3v) is 3.87. The largest absolute Gasteiger partial charge is 0.376 e. The van der Waals surface area contributed by atoms with Crippen LogP contribution in [0, 0.1) is 11.3 Å². The van der Waals surface area contributed by atoms with Crippen molar-refractivity contribution in [1.29, 1.82) is 5.26 Å². The standard InChI is InChI=1S/C15H16ClN3O/c16-6-5-15-18-13-4-3-11(9-17)8-14(13)19(15)10-12-2-1-7-20-12/h3-4,8,12H,1-2,5-7,10H2. The van der Waals surface area contributed by atoms with Crippen LogP contribution < -0.4 is 0 Å². The highest BCUT2D eigenvalue weighted by atomic mass is 35.5. The van der Waals surface area contributed by atoms with Gasteiger partial charge in [-0.25, -0.2) is 4.98 Å². The minimum atomic E-state index is 0.243. The Morgan fingerprint density at radius 1 is 1.50 bits per heavy atom. The summed E-state index contributed by atoms with van der Waals surface area (Å²) in [5.41, 5.74) is 2.57. The van der Waals surface area contributed by atoms with E-state index in [4.69, 9.17) is 21.6 Å². The molecule has 1 unspecified atom stereocenters. The second-order valence-electron chi connectivity index (χ2n) is 5.03. The molecule has 2 aromatic rings. The maximum absolute atomic E-state index is 9.06. The number of aromatic nitrogens is 2. The number of rotatable bonds is 4. The summed E-state index contributed by atoms with van der Waals surface area (Å²) in [7, 11) is 0. The molecule has 5 heteroatoms. The number of nitrogens with zero attached hydrogens (tertiary/aromatic N) is 3. The van der Waals surface area contributed by atoms with Crippen LogP contribution in [0.4, 0.5) is 0 Å². The minimum absolute atomic E-state index is 0.243. The Labute approximate surface area is 122 Å². The van der Waals surface area contributed by atoms with Gasteiger partial charge in [0.15, 0.2) is 0 Å². The normalized spacial score (nSPS) is 18.5. The third-order valence-electron chi connectivity index (χ3n) is 3.68. The number of ether oxygens (including phenoxy) is 1. The van der Waals surface area contributed by atoms with Crippen molar-refractivity contribution in [1.82, 2.24) is 9.55 Å². The Balaban J connectivity index is 2.04. The number of aryl methyl sites for hydroxylation is 1. The molecule has 0 spiro atoms. The van der Waals surface area contributed by atoms with Gasteiger partial charge in [0.2, 0.25) is 0 Å². The molecule has 1 saturated heterocycles. The van der Waals surface area contributed by atoms with E-state index < -0.39 is 0 Å². The zero-order valence-corrected chi connectivity index (χ0v) is 11.9. The lowest BCUT2D eigenvalue weighted by atomic mass is 10.2. The summed E-state index contributed by atoms with van der Waals surface area (Å²) in [6, 6.07) is 7.78. The molecule has 1 atom stereocenters. The van der Waals surface area contributed by atoms with Gasteiger partial charge in [0.1, 0.15) is 5.82 Å². The lowest BCUT2D eigenvalue weighted by Gasteiger charge is -2.13. The Kier molecular flexibility index (Phi) is 3.90. The van der Waals surface area contributed by atoms with Gasteiger partial charge in [0, 0.05) is 18.9 Å². The van der Waals surface area contributed by atoms with Gasteiger partial charge in [-0.2, -0.15) is 5.26 Å². The maximum atomic E-state index is 9.06. The molecular weight excluding hydrogens is 274 g/mol. The highest BCUT2D eigenvalue weighted by Crippen LogP contribution is 2.22. The molecule has 20 heavy (non-hydrogen) atoms. The highest BCUT2D eigenvalue weighted by molar-refractivity contribution is 6.17. The first-order chi connectivity index (χ1) is 9.81. The predicted molar refractivity (Wildman–Crippen MR) is 77.8 cm³/mol. The van der Waals surface area contributed by atoms with E-state index in [9.17, 15) is 0 Å². The van der Waals surface area contributed by atoms with E-state index in [2.05, 4.69) is 15.6 Å². The van der Waals surface area contributed by atoms with Gasteiger partial charge in [-0.15, -0.1) is 11.6 Å². The fraction of sp³-hybridized carbons (Fsp3) is 0.467. The second-order valence-corrected chi connectivity index (χ2v) is 5.41. The molecule has 1 aliphatic heterocycles. The summed E-state index contributed by atoms with van der Waals surface area (Å²) >= 11 is 5.87. The molecule has 0 radical (unpaired) electrons. The maximum Gasteiger partial charge on any atom is 0.111 e. The fourth-order valence-electron chi connectivity index (χ4n) is 2.71. The van der Waals surface area contributed by atoms with Gasteiger partial charge in [0.05, 0.1) is 35.3 Å². The zero-order valence-electron chi connectivity index (χ0n) is 11.2. The lowest BCUT2D eigenvalue weighted by Crippen LogP contribution is -2.17. The van der Waals surface area contributed by atoms with E-state index in [1.807, 2.05) is 12.1 Å². The Morgan fingerprint density at radius 2 is 2.40 bits per heavy atom. The summed E-state index contributed by atoms with van der Waals surface area (Å²) in [5.74, 6) is 1.51. The Morgan fingerprint density at radius 3 is 3.10 bits per heavy atom. The molecule has 1 fully saturated rings. The predicted octanol–water partition coefficient (Wildman–Crippen LogP) is 2.87. The molecule has 0 bridgehead atoms. The molecule has 104 valence electrons. The highest BCUT2D eigenvalue weighted by Gasteiger charge is 2.19. The van der Waals surface area contributed by atoms with Crippen molar-refractivity contribution in [3.05, 3.63) is 29.6 Å². The summed E-state index contributed by atoms with van der Waals surface area (Å²) in [5, 5.41) is 9.06. The number of imidazole rings is 1. The summed E-state index contributed by atoms with van der Waals surface area (Å²) in [4.78, 5) is 4.63. The molecule has 1 aromatic carbocycles.